The summed E-state index contributed by atoms with van der Waals surface area (Å²) in [5.74, 6) is 0. The van der Waals surface area contributed by atoms with Crippen molar-refractivity contribution in [2.24, 2.45) is 0 Å². The summed E-state index contributed by atoms with van der Waals surface area (Å²) in [6.45, 7) is 3.32. The first-order chi connectivity index (χ1) is 5.54. The highest BCUT2D eigenvalue weighted by Crippen LogP contribution is 2.27. The smallest absolute Gasteiger partial charge is 0.244 e. The Kier molecular flexibility index (Phi) is 3.94. The molecule has 0 radical (unpaired) electrons. The molecule has 1 aromatic heterocycles. The molecule has 72 valence electrons. The Morgan fingerprint density at radius 3 is 2.38 bits per heavy atom. The summed E-state index contributed by atoms with van der Waals surface area (Å²) in [6, 6.07) is 3.68. The number of nitrogens with zero attached hydrogens (tertiary/aromatic N) is 1. The molecule has 0 saturated carbocycles. The van der Waals surface area contributed by atoms with Crippen molar-refractivity contribution < 1.29 is 13.2 Å². The van der Waals surface area contributed by atoms with Crippen LogP contribution in [-0.4, -0.2) is 4.98 Å². The zero-order valence-electron chi connectivity index (χ0n) is 6.51. The molecule has 0 N–H and O–H groups in total. The second-order valence-corrected chi connectivity index (χ2v) is 2.15. The lowest BCUT2D eigenvalue weighted by Gasteiger charge is -2.04. The average Bonchev–Trinajstić information content (AvgIpc) is 2.03. The molecule has 0 saturated heterocycles. The molecule has 0 amide bonds. The fraction of sp³-hybridized carbons (Fsp3) is 0.125. The largest absolute Gasteiger partial charge is 0.433 e. The van der Waals surface area contributed by atoms with Gasteiger partial charge in [-0.05, 0) is 18.2 Å². The molecule has 0 atom stereocenters. The second-order valence-electron chi connectivity index (χ2n) is 2.15. The Morgan fingerprint density at radius 1 is 1.31 bits per heavy atom. The van der Waals surface area contributed by atoms with Crippen LogP contribution in [0.2, 0.25) is 0 Å². The van der Waals surface area contributed by atoms with Crippen molar-refractivity contribution >= 4 is 18.5 Å². The van der Waals surface area contributed by atoms with Crippen LogP contribution in [0.3, 0.4) is 0 Å². The van der Waals surface area contributed by atoms with Gasteiger partial charge >= 0.3 is 6.18 Å². The highest BCUT2D eigenvalue weighted by atomic mass is 35.5. The van der Waals surface area contributed by atoms with Crippen molar-refractivity contribution in [3.05, 3.63) is 36.2 Å². The summed E-state index contributed by atoms with van der Waals surface area (Å²) in [5.41, 5.74) is -0.662. The third kappa shape index (κ3) is 3.06. The van der Waals surface area contributed by atoms with E-state index in [1.807, 2.05) is 0 Å². The quantitative estimate of drug-likeness (QED) is 0.692. The van der Waals surface area contributed by atoms with Gasteiger partial charge in [0.25, 0.3) is 0 Å². The second kappa shape index (κ2) is 4.28. The number of pyridine rings is 1. The van der Waals surface area contributed by atoms with Crippen LogP contribution >= 0.6 is 12.4 Å². The standard InChI is InChI=1S/C8H6F3N.ClH/c1-2-6-4-3-5-7(12-6)8(9,10)11;/h2-5H,1H2;1H. The van der Waals surface area contributed by atoms with Crippen molar-refractivity contribution in [2.75, 3.05) is 0 Å². The Bertz CT molecular complexity index is 296. The molecule has 0 bridgehead atoms. The van der Waals surface area contributed by atoms with Crippen LogP contribution in [0.1, 0.15) is 11.4 Å². The van der Waals surface area contributed by atoms with Crippen molar-refractivity contribution in [1.82, 2.24) is 4.98 Å². The molecule has 1 nitrogen and oxygen atoms in total. The van der Waals surface area contributed by atoms with Gasteiger partial charge in [0.05, 0.1) is 5.69 Å². The van der Waals surface area contributed by atoms with E-state index in [9.17, 15) is 13.2 Å². The van der Waals surface area contributed by atoms with E-state index < -0.39 is 11.9 Å². The molecule has 13 heavy (non-hydrogen) atoms. The Balaban J connectivity index is 0.00000144. The summed E-state index contributed by atoms with van der Waals surface area (Å²) in [6.07, 6.45) is -3.10. The van der Waals surface area contributed by atoms with Crippen molar-refractivity contribution in [3.8, 4) is 0 Å². The molecule has 0 aliphatic heterocycles. The van der Waals surface area contributed by atoms with Gasteiger partial charge in [-0.1, -0.05) is 12.6 Å². The highest BCUT2D eigenvalue weighted by Gasteiger charge is 2.32. The van der Waals surface area contributed by atoms with Crippen molar-refractivity contribution in [2.45, 2.75) is 6.18 Å². The third-order valence-corrected chi connectivity index (χ3v) is 1.27. The predicted molar refractivity (Wildman–Crippen MR) is 46.6 cm³/mol. The maximum atomic E-state index is 12.0. The number of aromatic nitrogens is 1. The summed E-state index contributed by atoms with van der Waals surface area (Å²) in [4.78, 5) is 3.32. The minimum absolute atomic E-state index is 0. The summed E-state index contributed by atoms with van der Waals surface area (Å²) in [7, 11) is 0. The zero-order chi connectivity index (χ0) is 9.19. The van der Waals surface area contributed by atoms with Gasteiger partial charge in [0, 0.05) is 0 Å². The Hall–Kier alpha value is -1.03. The number of halogens is 4. The molecule has 0 aromatic carbocycles. The molecule has 0 fully saturated rings. The van der Waals surface area contributed by atoms with Crippen LogP contribution in [0.15, 0.2) is 24.8 Å². The van der Waals surface area contributed by atoms with Crippen molar-refractivity contribution in [1.29, 1.82) is 0 Å². The number of rotatable bonds is 1. The fourth-order valence-corrected chi connectivity index (χ4v) is 0.723. The van der Waals surface area contributed by atoms with Crippen LogP contribution in [0, 0.1) is 0 Å². The number of hydrogen-bond acceptors (Lipinski definition) is 1. The van der Waals surface area contributed by atoms with Gasteiger partial charge < -0.3 is 0 Å². The molecule has 1 heterocycles. The van der Waals surface area contributed by atoms with E-state index in [0.717, 1.165) is 6.07 Å². The predicted octanol–water partition coefficient (Wildman–Crippen LogP) is 3.17. The van der Waals surface area contributed by atoms with Crippen LogP contribution in [0.25, 0.3) is 6.08 Å². The maximum absolute atomic E-state index is 12.0. The van der Waals surface area contributed by atoms with Crippen LogP contribution in [0.4, 0.5) is 13.2 Å². The molecule has 0 unspecified atom stereocenters. The van der Waals surface area contributed by atoms with Gasteiger partial charge in [-0.2, -0.15) is 13.2 Å². The lowest BCUT2D eigenvalue weighted by atomic mass is 10.3. The first kappa shape index (κ1) is 12.0. The van der Waals surface area contributed by atoms with Gasteiger partial charge in [-0.3, -0.25) is 0 Å². The molecule has 0 aliphatic carbocycles. The SMILES string of the molecule is C=Cc1cccc(C(F)(F)F)n1.Cl. The van der Waals surface area contributed by atoms with Gasteiger partial charge in [0.1, 0.15) is 5.69 Å². The van der Waals surface area contributed by atoms with E-state index in [2.05, 4.69) is 11.6 Å². The van der Waals surface area contributed by atoms with E-state index in [1.54, 1.807) is 0 Å². The molecular weight excluding hydrogens is 203 g/mol. The van der Waals surface area contributed by atoms with Crippen LogP contribution in [-0.2, 0) is 6.18 Å². The Labute approximate surface area is 79.7 Å². The first-order valence-electron chi connectivity index (χ1n) is 3.21. The molecule has 5 heteroatoms. The molecular formula is C8H7ClF3N. The van der Waals surface area contributed by atoms with E-state index in [0.29, 0.717) is 0 Å². The molecule has 1 rings (SSSR count). The van der Waals surface area contributed by atoms with E-state index in [1.165, 1.54) is 18.2 Å². The molecule has 0 spiro atoms. The molecule has 1 aromatic rings. The highest BCUT2D eigenvalue weighted by molar-refractivity contribution is 5.85. The minimum atomic E-state index is -4.38. The topological polar surface area (TPSA) is 12.9 Å². The van der Waals surface area contributed by atoms with E-state index >= 15 is 0 Å². The van der Waals surface area contributed by atoms with Crippen molar-refractivity contribution in [3.63, 3.8) is 0 Å². The van der Waals surface area contributed by atoms with Crippen LogP contribution in [0.5, 0.6) is 0 Å². The summed E-state index contributed by atoms with van der Waals surface area (Å²) < 4.78 is 36.0. The van der Waals surface area contributed by atoms with Gasteiger partial charge in [0.2, 0.25) is 0 Å². The van der Waals surface area contributed by atoms with Crippen LogP contribution < -0.4 is 0 Å². The third-order valence-electron chi connectivity index (χ3n) is 1.27. The lowest BCUT2D eigenvalue weighted by molar-refractivity contribution is -0.141. The van der Waals surface area contributed by atoms with Gasteiger partial charge in [-0.15, -0.1) is 12.4 Å². The van der Waals surface area contributed by atoms with E-state index in [4.69, 9.17) is 0 Å². The van der Waals surface area contributed by atoms with E-state index in [-0.39, 0.29) is 18.1 Å². The first-order valence-corrected chi connectivity index (χ1v) is 3.21. The normalized spacial score (nSPS) is 10.4. The van der Waals surface area contributed by atoms with Gasteiger partial charge in [-0.25, -0.2) is 4.98 Å². The minimum Gasteiger partial charge on any atom is -0.244 e. The lowest BCUT2D eigenvalue weighted by Crippen LogP contribution is -2.07. The molecule has 0 aliphatic rings. The maximum Gasteiger partial charge on any atom is 0.433 e. The summed E-state index contributed by atoms with van der Waals surface area (Å²) >= 11 is 0. The fourth-order valence-electron chi connectivity index (χ4n) is 0.723. The number of alkyl halides is 3. The van der Waals surface area contributed by atoms with Gasteiger partial charge in [0.15, 0.2) is 0 Å². The Morgan fingerprint density at radius 2 is 1.92 bits per heavy atom. The monoisotopic (exact) mass is 209 g/mol. The summed E-state index contributed by atoms with van der Waals surface area (Å²) in [5, 5.41) is 0. The zero-order valence-corrected chi connectivity index (χ0v) is 7.32. The average molecular weight is 210 g/mol. The number of hydrogen-bond donors (Lipinski definition) is 0.